The Morgan fingerprint density at radius 2 is 1.77 bits per heavy atom. The molecule has 0 saturated carbocycles. The van der Waals surface area contributed by atoms with Crippen molar-refractivity contribution in [1.29, 1.82) is 0 Å². The van der Waals surface area contributed by atoms with Gasteiger partial charge in [-0.1, -0.05) is 24.3 Å². The molecule has 0 bridgehead atoms. The van der Waals surface area contributed by atoms with Crippen LogP contribution in [-0.4, -0.2) is 33.3 Å². The number of carboxylic acid groups (broad SMARTS) is 2. The van der Waals surface area contributed by atoms with Gasteiger partial charge in [0, 0.05) is 42.5 Å². The van der Waals surface area contributed by atoms with Crippen LogP contribution in [0.15, 0.2) is 42.5 Å². The summed E-state index contributed by atoms with van der Waals surface area (Å²) in [6.07, 6.45) is 3.50. The first kappa shape index (κ1) is 17.9. The Bertz CT molecular complexity index is 851. The SMILES string of the molecule is CC1NCCn2c1cc1c2-c2ccccc2CC1.O=C(O)/C=C/C(=O)O. The van der Waals surface area contributed by atoms with E-state index in [4.69, 9.17) is 10.2 Å². The van der Waals surface area contributed by atoms with Crippen LogP contribution in [0.2, 0.25) is 0 Å². The normalized spacial score (nSPS) is 17.5. The number of fused-ring (bicyclic) bond motifs is 5. The second kappa shape index (κ2) is 7.58. The standard InChI is InChI=1S/C16H18N2.C4H4O4/c1-11-15-10-13-7-6-12-4-2-3-5-14(12)16(13)18(15)9-8-17-11;5-3(6)1-2-4(7)8/h2-5,10-11,17H,6-9H2,1H3;1-2H,(H,5,6)(H,7,8)/b;2-1+. The Labute approximate surface area is 151 Å². The zero-order valence-corrected chi connectivity index (χ0v) is 14.6. The van der Waals surface area contributed by atoms with Gasteiger partial charge in [-0.3, -0.25) is 0 Å². The Balaban J connectivity index is 0.000000211. The minimum Gasteiger partial charge on any atom is -0.478 e. The van der Waals surface area contributed by atoms with Crippen molar-refractivity contribution in [2.75, 3.05) is 6.54 Å². The van der Waals surface area contributed by atoms with Gasteiger partial charge in [-0.25, -0.2) is 9.59 Å². The minimum absolute atomic E-state index is 0.483. The summed E-state index contributed by atoms with van der Waals surface area (Å²) in [5, 5.41) is 19.2. The molecule has 6 nitrogen and oxygen atoms in total. The number of nitrogens with one attached hydrogen (secondary N) is 1. The molecule has 0 amide bonds. The van der Waals surface area contributed by atoms with Gasteiger partial charge in [-0.2, -0.15) is 0 Å². The molecule has 1 aromatic heterocycles. The van der Waals surface area contributed by atoms with E-state index in [1.807, 2.05) is 0 Å². The molecule has 4 rings (SSSR count). The summed E-state index contributed by atoms with van der Waals surface area (Å²) in [7, 11) is 0. The highest BCUT2D eigenvalue weighted by molar-refractivity contribution is 5.89. The molecule has 0 fully saturated rings. The van der Waals surface area contributed by atoms with Crippen LogP contribution >= 0.6 is 0 Å². The van der Waals surface area contributed by atoms with Gasteiger partial charge in [-0.05, 0) is 37.0 Å². The van der Waals surface area contributed by atoms with Crippen molar-refractivity contribution in [2.24, 2.45) is 0 Å². The molecule has 2 aromatic rings. The van der Waals surface area contributed by atoms with E-state index < -0.39 is 11.9 Å². The van der Waals surface area contributed by atoms with Crippen LogP contribution in [-0.2, 0) is 29.0 Å². The Hall–Kier alpha value is -2.86. The van der Waals surface area contributed by atoms with E-state index in [1.54, 1.807) is 5.56 Å². The molecular weight excluding hydrogens is 332 g/mol. The van der Waals surface area contributed by atoms with Crippen molar-refractivity contribution in [2.45, 2.75) is 32.4 Å². The monoisotopic (exact) mass is 354 g/mol. The Morgan fingerprint density at radius 3 is 2.46 bits per heavy atom. The highest BCUT2D eigenvalue weighted by atomic mass is 16.4. The molecular formula is C20H22N2O4. The molecule has 3 N–H and O–H groups in total. The third kappa shape index (κ3) is 3.70. The van der Waals surface area contributed by atoms with Crippen molar-refractivity contribution < 1.29 is 19.8 Å². The summed E-state index contributed by atoms with van der Waals surface area (Å²) in [6, 6.07) is 11.8. The average molecular weight is 354 g/mol. The summed E-state index contributed by atoms with van der Waals surface area (Å²) in [4.78, 5) is 19.1. The Morgan fingerprint density at radius 1 is 1.12 bits per heavy atom. The van der Waals surface area contributed by atoms with E-state index in [0.29, 0.717) is 18.2 Å². The summed E-state index contributed by atoms with van der Waals surface area (Å²) < 4.78 is 2.54. The molecule has 1 aliphatic carbocycles. The van der Waals surface area contributed by atoms with Crippen molar-refractivity contribution in [3.8, 4) is 11.3 Å². The molecule has 1 aliphatic heterocycles. The third-order valence-electron chi connectivity index (χ3n) is 4.74. The second-order valence-electron chi connectivity index (χ2n) is 6.44. The van der Waals surface area contributed by atoms with E-state index in [2.05, 4.69) is 47.1 Å². The first-order chi connectivity index (χ1) is 12.5. The number of aryl methyl sites for hydroxylation is 2. The lowest BCUT2D eigenvalue weighted by Crippen LogP contribution is -2.31. The topological polar surface area (TPSA) is 91.6 Å². The first-order valence-corrected chi connectivity index (χ1v) is 8.65. The zero-order valence-electron chi connectivity index (χ0n) is 14.6. The Kier molecular flexibility index (Phi) is 5.23. The molecule has 26 heavy (non-hydrogen) atoms. The van der Waals surface area contributed by atoms with Gasteiger partial charge in [0.15, 0.2) is 0 Å². The fraction of sp³-hybridized carbons (Fsp3) is 0.300. The minimum atomic E-state index is -1.26. The fourth-order valence-electron chi connectivity index (χ4n) is 3.61. The molecule has 1 aromatic carbocycles. The number of benzene rings is 1. The van der Waals surface area contributed by atoms with Crippen LogP contribution in [0.4, 0.5) is 0 Å². The van der Waals surface area contributed by atoms with Crippen molar-refractivity contribution >= 4 is 11.9 Å². The van der Waals surface area contributed by atoms with Crippen LogP contribution in [0.3, 0.4) is 0 Å². The van der Waals surface area contributed by atoms with Crippen LogP contribution < -0.4 is 5.32 Å². The number of hydrogen-bond acceptors (Lipinski definition) is 3. The number of carbonyl (C=O) groups is 2. The highest BCUT2D eigenvalue weighted by Gasteiger charge is 2.26. The maximum absolute atomic E-state index is 9.55. The van der Waals surface area contributed by atoms with Gasteiger partial charge in [0.25, 0.3) is 0 Å². The molecule has 0 radical (unpaired) electrons. The number of rotatable bonds is 2. The van der Waals surface area contributed by atoms with E-state index in [0.717, 1.165) is 13.1 Å². The summed E-state index contributed by atoms with van der Waals surface area (Å²) in [5.41, 5.74) is 7.46. The van der Waals surface area contributed by atoms with Crippen molar-refractivity contribution in [3.63, 3.8) is 0 Å². The maximum atomic E-state index is 9.55. The number of aromatic nitrogens is 1. The summed E-state index contributed by atoms with van der Waals surface area (Å²) in [6.45, 7) is 4.45. The van der Waals surface area contributed by atoms with E-state index >= 15 is 0 Å². The molecule has 2 heterocycles. The first-order valence-electron chi connectivity index (χ1n) is 8.65. The second-order valence-corrected chi connectivity index (χ2v) is 6.44. The number of aliphatic carboxylic acids is 2. The quantitative estimate of drug-likeness (QED) is 0.721. The van der Waals surface area contributed by atoms with Gasteiger partial charge in [0.1, 0.15) is 0 Å². The van der Waals surface area contributed by atoms with Gasteiger partial charge in [-0.15, -0.1) is 0 Å². The van der Waals surface area contributed by atoms with E-state index in [9.17, 15) is 9.59 Å². The molecule has 0 saturated heterocycles. The molecule has 1 atom stereocenters. The molecule has 0 spiro atoms. The van der Waals surface area contributed by atoms with Crippen molar-refractivity contribution in [1.82, 2.24) is 9.88 Å². The predicted molar refractivity (Wildman–Crippen MR) is 98.1 cm³/mol. The van der Waals surface area contributed by atoms with Crippen LogP contribution in [0.25, 0.3) is 11.3 Å². The van der Waals surface area contributed by atoms with Crippen LogP contribution in [0.5, 0.6) is 0 Å². The highest BCUT2D eigenvalue weighted by Crippen LogP contribution is 2.38. The fourth-order valence-corrected chi connectivity index (χ4v) is 3.61. The zero-order chi connectivity index (χ0) is 18.7. The van der Waals surface area contributed by atoms with E-state index in [1.165, 1.54) is 35.4 Å². The predicted octanol–water partition coefficient (Wildman–Crippen LogP) is 2.63. The van der Waals surface area contributed by atoms with Crippen molar-refractivity contribution in [3.05, 3.63) is 59.3 Å². The van der Waals surface area contributed by atoms with Gasteiger partial charge in [0.2, 0.25) is 0 Å². The van der Waals surface area contributed by atoms with E-state index in [-0.39, 0.29) is 0 Å². The maximum Gasteiger partial charge on any atom is 0.328 e. The molecule has 1 unspecified atom stereocenters. The summed E-state index contributed by atoms with van der Waals surface area (Å²) in [5.74, 6) is -2.51. The number of hydrogen-bond donors (Lipinski definition) is 3. The lowest BCUT2D eigenvalue weighted by Gasteiger charge is -2.26. The van der Waals surface area contributed by atoms with Gasteiger partial charge in [0.05, 0.1) is 5.69 Å². The molecule has 136 valence electrons. The van der Waals surface area contributed by atoms with Gasteiger partial charge < -0.3 is 20.1 Å². The number of nitrogens with zero attached hydrogens (tertiary/aromatic N) is 1. The molecule has 6 heteroatoms. The molecule has 2 aliphatic rings. The summed E-state index contributed by atoms with van der Waals surface area (Å²) >= 11 is 0. The number of carboxylic acids is 2. The smallest absolute Gasteiger partial charge is 0.328 e. The lowest BCUT2D eigenvalue weighted by molar-refractivity contribution is -0.134. The lowest BCUT2D eigenvalue weighted by atomic mass is 9.90. The third-order valence-corrected chi connectivity index (χ3v) is 4.74. The van der Waals surface area contributed by atoms with Crippen LogP contribution in [0.1, 0.15) is 29.8 Å². The van der Waals surface area contributed by atoms with Crippen LogP contribution in [0, 0.1) is 0 Å². The largest absolute Gasteiger partial charge is 0.478 e. The average Bonchev–Trinajstić information content (AvgIpc) is 3.01. The van der Waals surface area contributed by atoms with Gasteiger partial charge >= 0.3 is 11.9 Å².